The first-order valence-corrected chi connectivity index (χ1v) is 10.7. The number of hydrogen-bond acceptors (Lipinski definition) is 5. The van der Waals surface area contributed by atoms with E-state index in [1.54, 1.807) is 30.0 Å². The van der Waals surface area contributed by atoms with Crippen molar-refractivity contribution in [3.63, 3.8) is 0 Å². The first-order chi connectivity index (χ1) is 16.2. The summed E-state index contributed by atoms with van der Waals surface area (Å²) < 4.78 is 50.9. The number of carboxylic acids is 1. The second kappa shape index (κ2) is 9.68. The topological polar surface area (TPSA) is 94.3 Å². The van der Waals surface area contributed by atoms with Crippen molar-refractivity contribution >= 4 is 23.5 Å². The zero-order chi connectivity index (χ0) is 26.1. The maximum atomic E-state index is 13.7. The first-order valence-electron chi connectivity index (χ1n) is 10.7. The van der Waals surface area contributed by atoms with Crippen molar-refractivity contribution in [2.24, 2.45) is 0 Å². The maximum Gasteiger partial charge on any atom is 0.490 e. The Kier molecular flexibility index (Phi) is 7.25. The van der Waals surface area contributed by atoms with E-state index in [0.717, 1.165) is 6.42 Å². The number of carbonyl (C=O) groups is 3. The first kappa shape index (κ1) is 26.2. The number of benzene rings is 1. The molecule has 0 saturated carbocycles. The van der Waals surface area contributed by atoms with E-state index in [9.17, 15) is 27.2 Å². The molecule has 12 heteroatoms. The third-order valence-electron chi connectivity index (χ3n) is 6.19. The highest BCUT2D eigenvalue weighted by Crippen LogP contribution is 2.34. The van der Waals surface area contributed by atoms with Crippen molar-refractivity contribution in [2.75, 3.05) is 38.1 Å². The molecule has 1 aromatic carbocycles. The lowest BCUT2D eigenvalue weighted by Crippen LogP contribution is -2.64. The van der Waals surface area contributed by atoms with E-state index >= 15 is 0 Å². The molecule has 0 bridgehead atoms. The SMILES string of the molecule is Cc1cc(C(=O)N2CCC3(C2)CN(c2cccc(F)c2)C(=O)CN3C)c(C)o1.O=C(O)C(F)(F)F. The Morgan fingerprint density at radius 2 is 1.80 bits per heavy atom. The molecule has 2 saturated heterocycles. The third-order valence-corrected chi connectivity index (χ3v) is 6.19. The summed E-state index contributed by atoms with van der Waals surface area (Å²) in [6, 6.07) is 7.88. The number of furan rings is 1. The summed E-state index contributed by atoms with van der Waals surface area (Å²) in [7, 11) is 1.92. The number of aryl methyl sites for hydroxylation is 2. The Balaban J connectivity index is 0.000000429. The second-order valence-corrected chi connectivity index (χ2v) is 8.65. The Bertz CT molecular complexity index is 1130. The molecule has 1 spiro atoms. The lowest BCUT2D eigenvalue weighted by atomic mass is 9.92. The molecule has 2 aliphatic heterocycles. The van der Waals surface area contributed by atoms with E-state index in [1.807, 2.05) is 23.8 Å². The van der Waals surface area contributed by atoms with Crippen LogP contribution in [0.15, 0.2) is 34.7 Å². The van der Waals surface area contributed by atoms with Gasteiger partial charge in [-0.25, -0.2) is 9.18 Å². The van der Waals surface area contributed by atoms with Crippen LogP contribution in [0.4, 0.5) is 23.2 Å². The molecule has 2 amide bonds. The van der Waals surface area contributed by atoms with Crippen molar-refractivity contribution in [3.8, 4) is 0 Å². The number of likely N-dealkylation sites (N-methyl/N-ethyl adjacent to an activating group) is 1. The Hall–Kier alpha value is -3.41. The minimum Gasteiger partial charge on any atom is -0.475 e. The van der Waals surface area contributed by atoms with Crippen LogP contribution in [0.3, 0.4) is 0 Å². The van der Waals surface area contributed by atoms with Crippen LogP contribution in [-0.2, 0) is 9.59 Å². The number of carboxylic acid groups (broad SMARTS) is 1. The fourth-order valence-corrected chi connectivity index (χ4v) is 4.32. The average Bonchev–Trinajstić information content (AvgIpc) is 3.34. The van der Waals surface area contributed by atoms with Gasteiger partial charge in [0.2, 0.25) is 5.91 Å². The van der Waals surface area contributed by atoms with E-state index in [4.69, 9.17) is 14.3 Å². The maximum absolute atomic E-state index is 13.7. The molecule has 1 atom stereocenters. The van der Waals surface area contributed by atoms with E-state index in [1.165, 1.54) is 12.1 Å². The van der Waals surface area contributed by atoms with Crippen LogP contribution >= 0.6 is 0 Å². The van der Waals surface area contributed by atoms with Gasteiger partial charge in [0.1, 0.15) is 17.3 Å². The number of likely N-dealkylation sites (tertiary alicyclic amines) is 1. The molecule has 2 fully saturated rings. The van der Waals surface area contributed by atoms with Gasteiger partial charge in [0.05, 0.1) is 17.6 Å². The van der Waals surface area contributed by atoms with Gasteiger partial charge in [-0.05, 0) is 51.6 Å². The van der Waals surface area contributed by atoms with Crippen LogP contribution in [0.5, 0.6) is 0 Å². The number of nitrogens with zero attached hydrogens (tertiary/aromatic N) is 3. The number of anilines is 1. The number of carbonyl (C=O) groups excluding carboxylic acids is 2. The quantitative estimate of drug-likeness (QED) is 0.638. The number of amides is 2. The highest BCUT2D eigenvalue weighted by molar-refractivity contribution is 5.97. The number of piperazine rings is 1. The molecule has 3 heterocycles. The van der Waals surface area contributed by atoms with E-state index in [-0.39, 0.29) is 29.7 Å². The number of hydrogen-bond donors (Lipinski definition) is 1. The highest BCUT2D eigenvalue weighted by atomic mass is 19.4. The molecule has 35 heavy (non-hydrogen) atoms. The molecular weight excluding hydrogens is 474 g/mol. The molecule has 1 aromatic heterocycles. The van der Waals surface area contributed by atoms with Crippen molar-refractivity contribution in [2.45, 2.75) is 32.0 Å². The van der Waals surface area contributed by atoms with E-state index < -0.39 is 12.1 Å². The molecule has 1 N–H and O–H groups in total. The number of alkyl halides is 3. The summed E-state index contributed by atoms with van der Waals surface area (Å²) in [6.45, 7) is 5.42. The number of rotatable bonds is 2. The van der Waals surface area contributed by atoms with Gasteiger partial charge in [0.15, 0.2) is 0 Å². The predicted octanol–water partition coefficient (Wildman–Crippen LogP) is 3.23. The molecule has 2 aliphatic rings. The summed E-state index contributed by atoms with van der Waals surface area (Å²) in [5, 5.41) is 7.12. The van der Waals surface area contributed by atoms with Crippen LogP contribution in [0.2, 0.25) is 0 Å². The fourth-order valence-electron chi connectivity index (χ4n) is 4.32. The number of halogens is 4. The molecule has 190 valence electrons. The van der Waals surface area contributed by atoms with Crippen molar-refractivity contribution in [1.29, 1.82) is 0 Å². The lowest BCUT2D eigenvalue weighted by Gasteiger charge is -2.46. The zero-order valence-electron chi connectivity index (χ0n) is 19.4. The van der Waals surface area contributed by atoms with Crippen molar-refractivity contribution < 1.29 is 41.5 Å². The Morgan fingerprint density at radius 1 is 1.14 bits per heavy atom. The average molecular weight is 499 g/mol. The van der Waals surface area contributed by atoms with Crippen LogP contribution in [0, 0.1) is 19.7 Å². The minimum absolute atomic E-state index is 0.0474. The number of aliphatic carboxylic acids is 1. The monoisotopic (exact) mass is 499 g/mol. The third kappa shape index (κ3) is 5.64. The van der Waals surface area contributed by atoms with Crippen LogP contribution < -0.4 is 4.90 Å². The summed E-state index contributed by atoms with van der Waals surface area (Å²) in [6.07, 6.45) is -4.33. The molecule has 0 aliphatic carbocycles. The summed E-state index contributed by atoms with van der Waals surface area (Å²) in [5.74, 6) is -1.90. The van der Waals surface area contributed by atoms with Crippen LogP contribution in [-0.4, -0.2) is 77.6 Å². The minimum atomic E-state index is -5.08. The summed E-state index contributed by atoms with van der Waals surface area (Å²) in [4.78, 5) is 40.0. The van der Waals surface area contributed by atoms with E-state index in [2.05, 4.69) is 0 Å². The van der Waals surface area contributed by atoms with Crippen molar-refractivity contribution in [1.82, 2.24) is 9.80 Å². The Labute approximate surface area is 198 Å². The van der Waals surface area contributed by atoms with Gasteiger partial charge in [-0.2, -0.15) is 13.2 Å². The van der Waals surface area contributed by atoms with Crippen LogP contribution in [0.25, 0.3) is 0 Å². The van der Waals surface area contributed by atoms with Gasteiger partial charge in [0, 0.05) is 25.3 Å². The molecular formula is C23H25F4N3O5. The molecule has 0 radical (unpaired) electrons. The van der Waals surface area contributed by atoms with Gasteiger partial charge in [0.25, 0.3) is 5.91 Å². The zero-order valence-corrected chi connectivity index (χ0v) is 19.4. The Morgan fingerprint density at radius 3 is 2.34 bits per heavy atom. The largest absolute Gasteiger partial charge is 0.490 e. The fraction of sp³-hybridized carbons (Fsp3) is 0.435. The predicted molar refractivity (Wildman–Crippen MR) is 117 cm³/mol. The van der Waals surface area contributed by atoms with Gasteiger partial charge >= 0.3 is 12.1 Å². The smallest absolute Gasteiger partial charge is 0.475 e. The summed E-state index contributed by atoms with van der Waals surface area (Å²) >= 11 is 0. The lowest BCUT2D eigenvalue weighted by molar-refractivity contribution is -0.192. The van der Waals surface area contributed by atoms with E-state index in [0.29, 0.717) is 42.4 Å². The van der Waals surface area contributed by atoms with Gasteiger partial charge in [-0.15, -0.1) is 0 Å². The van der Waals surface area contributed by atoms with Gasteiger partial charge in [-0.3, -0.25) is 14.5 Å². The van der Waals surface area contributed by atoms with Gasteiger partial charge in [-0.1, -0.05) is 6.07 Å². The summed E-state index contributed by atoms with van der Waals surface area (Å²) in [5.41, 5.74) is 0.803. The molecule has 1 unspecified atom stereocenters. The second-order valence-electron chi connectivity index (χ2n) is 8.65. The molecule has 8 nitrogen and oxygen atoms in total. The highest BCUT2D eigenvalue weighted by Gasteiger charge is 2.49. The standard InChI is InChI=1S/C21H24FN3O3.C2HF3O2/c1-14-9-18(15(2)28-14)20(27)24-8-7-21(12-24)13-25(19(26)11-23(21)3)17-6-4-5-16(22)10-17;3-2(4,5)1(6)7/h4-6,9-10H,7-8,11-13H2,1-3H3;(H,6,7). The van der Waals surface area contributed by atoms with Crippen molar-refractivity contribution in [3.05, 3.63) is 53.2 Å². The van der Waals surface area contributed by atoms with Gasteiger partial charge < -0.3 is 19.3 Å². The van der Waals surface area contributed by atoms with Crippen LogP contribution in [0.1, 0.15) is 28.3 Å². The molecule has 2 aromatic rings. The normalized spacial score (nSPS) is 20.7. The molecule has 4 rings (SSSR count).